The van der Waals surface area contributed by atoms with Crippen molar-refractivity contribution in [3.05, 3.63) is 47.3 Å². The summed E-state index contributed by atoms with van der Waals surface area (Å²) in [6.07, 6.45) is 3.18. The Bertz CT molecular complexity index is 771. The van der Waals surface area contributed by atoms with Crippen LogP contribution in [0, 0.1) is 0 Å². The lowest BCUT2D eigenvalue weighted by atomic mass is 9.90. The SMILES string of the molecule is CN1CCCC1c1cc(C(=O)N2CCC(CN)c3ccccc32)n[nH]1. The van der Waals surface area contributed by atoms with E-state index in [1.54, 1.807) is 0 Å². The number of hydrogen-bond donors (Lipinski definition) is 2. The van der Waals surface area contributed by atoms with Crippen molar-refractivity contribution in [1.82, 2.24) is 15.1 Å². The number of para-hydroxylation sites is 1. The molecule has 132 valence electrons. The van der Waals surface area contributed by atoms with E-state index in [9.17, 15) is 4.79 Å². The third-order valence-corrected chi connectivity index (χ3v) is 5.59. The number of rotatable bonds is 3. The number of amides is 1. The van der Waals surface area contributed by atoms with Crippen molar-refractivity contribution >= 4 is 11.6 Å². The Hall–Kier alpha value is -2.18. The molecule has 1 amide bonds. The molecular formula is C19H25N5O. The predicted molar refractivity (Wildman–Crippen MR) is 97.7 cm³/mol. The quantitative estimate of drug-likeness (QED) is 0.899. The van der Waals surface area contributed by atoms with Crippen LogP contribution in [-0.2, 0) is 0 Å². The fourth-order valence-corrected chi connectivity index (χ4v) is 4.15. The summed E-state index contributed by atoms with van der Waals surface area (Å²) in [7, 11) is 2.12. The Kier molecular flexibility index (Phi) is 4.31. The summed E-state index contributed by atoms with van der Waals surface area (Å²) < 4.78 is 0. The molecule has 1 aromatic carbocycles. The molecule has 6 heteroatoms. The molecule has 1 fully saturated rings. The van der Waals surface area contributed by atoms with Crippen molar-refractivity contribution in [1.29, 1.82) is 0 Å². The minimum Gasteiger partial charge on any atom is -0.330 e. The lowest BCUT2D eigenvalue weighted by Gasteiger charge is -2.33. The van der Waals surface area contributed by atoms with Crippen molar-refractivity contribution in [3.8, 4) is 0 Å². The number of H-pyrrole nitrogens is 1. The number of hydrogen-bond acceptors (Lipinski definition) is 4. The summed E-state index contributed by atoms with van der Waals surface area (Å²) in [5, 5.41) is 7.40. The molecule has 6 nitrogen and oxygen atoms in total. The zero-order valence-electron chi connectivity index (χ0n) is 14.6. The van der Waals surface area contributed by atoms with Crippen LogP contribution in [0.5, 0.6) is 0 Å². The lowest BCUT2D eigenvalue weighted by Crippen LogP contribution is -2.38. The van der Waals surface area contributed by atoms with Crippen LogP contribution in [0.1, 0.15) is 53.0 Å². The second kappa shape index (κ2) is 6.61. The fourth-order valence-electron chi connectivity index (χ4n) is 4.15. The number of fused-ring (bicyclic) bond motifs is 1. The molecule has 3 N–H and O–H groups in total. The maximum absolute atomic E-state index is 13.1. The van der Waals surface area contributed by atoms with Crippen LogP contribution < -0.4 is 10.6 Å². The molecule has 0 aliphatic carbocycles. The van der Waals surface area contributed by atoms with Gasteiger partial charge >= 0.3 is 0 Å². The molecule has 2 aliphatic rings. The summed E-state index contributed by atoms with van der Waals surface area (Å²) in [4.78, 5) is 17.2. The van der Waals surface area contributed by atoms with Gasteiger partial charge in [-0.05, 0) is 63.0 Å². The zero-order chi connectivity index (χ0) is 17.4. The number of nitrogens with two attached hydrogens (primary N) is 1. The van der Waals surface area contributed by atoms with Crippen LogP contribution in [0.15, 0.2) is 30.3 Å². The second-order valence-electron chi connectivity index (χ2n) is 7.08. The molecular weight excluding hydrogens is 314 g/mol. The van der Waals surface area contributed by atoms with Crippen LogP contribution in [0.25, 0.3) is 0 Å². The van der Waals surface area contributed by atoms with E-state index in [2.05, 4.69) is 28.2 Å². The highest BCUT2D eigenvalue weighted by molar-refractivity contribution is 6.05. The maximum atomic E-state index is 13.1. The number of anilines is 1. The Balaban J connectivity index is 1.60. The van der Waals surface area contributed by atoms with Gasteiger partial charge in [-0.2, -0.15) is 5.10 Å². The van der Waals surface area contributed by atoms with Crippen molar-refractivity contribution in [2.75, 3.05) is 31.6 Å². The van der Waals surface area contributed by atoms with Crippen LogP contribution in [-0.4, -0.2) is 47.7 Å². The molecule has 4 rings (SSSR count). The van der Waals surface area contributed by atoms with Crippen LogP contribution in [0.4, 0.5) is 5.69 Å². The van der Waals surface area contributed by atoms with E-state index >= 15 is 0 Å². The number of carbonyl (C=O) groups is 1. The van der Waals surface area contributed by atoms with Crippen LogP contribution in [0.3, 0.4) is 0 Å². The normalized spacial score (nSPS) is 23.7. The number of carbonyl (C=O) groups excluding carboxylic acids is 1. The van der Waals surface area contributed by atoms with Gasteiger partial charge in [0.15, 0.2) is 5.69 Å². The number of likely N-dealkylation sites (tertiary alicyclic amines) is 1. The van der Waals surface area contributed by atoms with Gasteiger partial charge < -0.3 is 10.6 Å². The van der Waals surface area contributed by atoms with Gasteiger partial charge in [0.25, 0.3) is 5.91 Å². The third kappa shape index (κ3) is 2.85. The van der Waals surface area contributed by atoms with E-state index in [-0.39, 0.29) is 5.91 Å². The Morgan fingerprint density at radius 1 is 1.32 bits per heavy atom. The van der Waals surface area contributed by atoms with Crippen LogP contribution in [0.2, 0.25) is 0 Å². The van der Waals surface area contributed by atoms with Gasteiger partial charge in [-0.15, -0.1) is 0 Å². The van der Waals surface area contributed by atoms with Crippen molar-refractivity contribution < 1.29 is 4.79 Å². The minimum absolute atomic E-state index is 0.0360. The number of benzene rings is 1. The second-order valence-corrected chi connectivity index (χ2v) is 7.08. The van der Waals surface area contributed by atoms with E-state index in [4.69, 9.17) is 5.73 Å². The van der Waals surface area contributed by atoms with E-state index in [1.807, 2.05) is 29.2 Å². The number of nitrogens with zero attached hydrogens (tertiary/aromatic N) is 3. The maximum Gasteiger partial charge on any atom is 0.278 e. The molecule has 25 heavy (non-hydrogen) atoms. The molecule has 2 aromatic rings. The standard InChI is InChI=1S/C19H25N5O/c1-23-9-4-7-18(23)15-11-16(22-21-15)19(25)24-10-8-13(12-20)14-5-2-3-6-17(14)24/h2-3,5-6,11,13,18H,4,7-10,12,20H2,1H3,(H,21,22). The number of nitrogens with one attached hydrogen (secondary N) is 1. The Labute approximate surface area is 148 Å². The first-order valence-electron chi connectivity index (χ1n) is 9.05. The topological polar surface area (TPSA) is 78.2 Å². The fraction of sp³-hybridized carbons (Fsp3) is 0.474. The summed E-state index contributed by atoms with van der Waals surface area (Å²) in [5.74, 6) is 0.285. The largest absolute Gasteiger partial charge is 0.330 e. The lowest BCUT2D eigenvalue weighted by molar-refractivity contribution is 0.0979. The molecule has 3 heterocycles. The van der Waals surface area contributed by atoms with E-state index in [1.165, 1.54) is 6.42 Å². The van der Waals surface area contributed by atoms with Gasteiger partial charge in [-0.1, -0.05) is 18.2 Å². The smallest absolute Gasteiger partial charge is 0.278 e. The minimum atomic E-state index is -0.0360. The van der Waals surface area contributed by atoms with Gasteiger partial charge in [0, 0.05) is 12.2 Å². The van der Waals surface area contributed by atoms with E-state index in [0.29, 0.717) is 30.7 Å². The predicted octanol–water partition coefficient (Wildman–Crippen LogP) is 2.27. The first-order valence-corrected chi connectivity index (χ1v) is 9.05. The van der Waals surface area contributed by atoms with E-state index < -0.39 is 0 Å². The van der Waals surface area contributed by atoms with Gasteiger partial charge in [-0.3, -0.25) is 14.8 Å². The average Bonchev–Trinajstić information content (AvgIpc) is 3.29. The Morgan fingerprint density at radius 3 is 2.92 bits per heavy atom. The first kappa shape index (κ1) is 16.3. The molecule has 0 bridgehead atoms. The highest BCUT2D eigenvalue weighted by atomic mass is 16.2. The molecule has 2 aliphatic heterocycles. The number of aromatic nitrogens is 2. The monoisotopic (exact) mass is 339 g/mol. The number of aromatic amines is 1. The van der Waals surface area contributed by atoms with Crippen molar-refractivity contribution in [2.45, 2.75) is 31.2 Å². The van der Waals surface area contributed by atoms with Gasteiger partial charge in [0.2, 0.25) is 0 Å². The van der Waals surface area contributed by atoms with Crippen molar-refractivity contribution in [2.24, 2.45) is 5.73 Å². The summed E-state index contributed by atoms with van der Waals surface area (Å²) in [6, 6.07) is 10.3. The molecule has 1 aromatic heterocycles. The molecule has 2 atom stereocenters. The molecule has 0 radical (unpaired) electrons. The summed E-state index contributed by atoms with van der Waals surface area (Å²) in [6.45, 7) is 2.38. The van der Waals surface area contributed by atoms with Crippen LogP contribution >= 0.6 is 0 Å². The first-order chi connectivity index (χ1) is 12.2. The highest BCUT2D eigenvalue weighted by Gasteiger charge is 2.31. The summed E-state index contributed by atoms with van der Waals surface area (Å²) in [5.41, 5.74) is 9.58. The molecule has 0 spiro atoms. The van der Waals surface area contributed by atoms with Gasteiger partial charge in [0.05, 0.1) is 11.7 Å². The average molecular weight is 339 g/mol. The highest BCUT2D eigenvalue weighted by Crippen LogP contribution is 2.35. The Morgan fingerprint density at radius 2 is 2.16 bits per heavy atom. The van der Waals surface area contributed by atoms with Crippen molar-refractivity contribution in [3.63, 3.8) is 0 Å². The molecule has 1 saturated heterocycles. The summed E-state index contributed by atoms with van der Waals surface area (Å²) >= 11 is 0. The third-order valence-electron chi connectivity index (χ3n) is 5.59. The van der Waals surface area contributed by atoms with Gasteiger partial charge in [0.1, 0.15) is 0 Å². The molecule has 0 saturated carbocycles. The molecule has 2 unspecified atom stereocenters. The van der Waals surface area contributed by atoms with E-state index in [0.717, 1.165) is 36.3 Å². The zero-order valence-corrected chi connectivity index (χ0v) is 14.6. The van der Waals surface area contributed by atoms with Gasteiger partial charge in [-0.25, -0.2) is 0 Å².